The zero-order chi connectivity index (χ0) is 21.2. The van der Waals surface area contributed by atoms with Crippen LogP contribution in [-0.2, 0) is 14.8 Å². The van der Waals surface area contributed by atoms with E-state index in [0.717, 1.165) is 31.4 Å². The zero-order valence-corrected chi connectivity index (χ0v) is 18.5. The van der Waals surface area contributed by atoms with Gasteiger partial charge >= 0.3 is 0 Å². The number of rotatable bonds is 9. The lowest BCUT2D eigenvalue weighted by atomic mass is 10.2. The molecule has 1 fully saturated rings. The van der Waals surface area contributed by atoms with Crippen molar-refractivity contribution in [1.82, 2.24) is 14.6 Å². The van der Waals surface area contributed by atoms with Crippen molar-refractivity contribution < 1.29 is 17.9 Å². The Hall–Kier alpha value is -2.10. The molecule has 0 radical (unpaired) electrons. The van der Waals surface area contributed by atoms with Crippen molar-refractivity contribution in [3.05, 3.63) is 48.7 Å². The van der Waals surface area contributed by atoms with Gasteiger partial charge in [0.05, 0.1) is 17.3 Å². The molecule has 1 amide bonds. The van der Waals surface area contributed by atoms with Gasteiger partial charge < -0.3 is 10.1 Å². The van der Waals surface area contributed by atoms with E-state index in [0.29, 0.717) is 31.3 Å². The van der Waals surface area contributed by atoms with Crippen LogP contribution in [0.2, 0.25) is 0 Å². The molecule has 1 N–H and O–H groups in total. The Balaban J connectivity index is 1.42. The van der Waals surface area contributed by atoms with Gasteiger partial charge in [0.2, 0.25) is 15.9 Å². The average molecular weight is 450 g/mol. The Morgan fingerprint density at radius 3 is 2.47 bits per heavy atom. The molecular weight excluding hydrogens is 422 g/mol. The number of para-hydroxylation sites is 1. The van der Waals surface area contributed by atoms with E-state index >= 15 is 0 Å². The van der Waals surface area contributed by atoms with Gasteiger partial charge in [0, 0.05) is 19.3 Å². The molecule has 1 aliphatic rings. The maximum atomic E-state index is 12.8. The summed E-state index contributed by atoms with van der Waals surface area (Å²) in [5, 5.41) is 3.40. The third kappa shape index (κ3) is 6.72. The molecule has 3 rings (SSSR count). The van der Waals surface area contributed by atoms with Gasteiger partial charge in [-0.3, -0.25) is 4.79 Å². The summed E-state index contributed by atoms with van der Waals surface area (Å²) < 4.78 is 32.6. The quantitative estimate of drug-likeness (QED) is 0.468. The lowest BCUT2D eigenvalue weighted by molar-refractivity contribution is -0.118. The molecule has 0 spiro atoms. The van der Waals surface area contributed by atoms with Crippen molar-refractivity contribution in [2.75, 3.05) is 32.0 Å². The maximum absolute atomic E-state index is 12.8. The van der Waals surface area contributed by atoms with Crippen LogP contribution in [0.4, 0.5) is 0 Å². The van der Waals surface area contributed by atoms with Crippen LogP contribution in [0.25, 0.3) is 0 Å². The third-order valence-corrected chi connectivity index (χ3v) is 7.53. The minimum atomic E-state index is -3.50. The molecular formula is C21H27N3O4S2. The average Bonchev–Trinajstić information content (AvgIpc) is 3.07. The Labute approximate surface area is 182 Å². The van der Waals surface area contributed by atoms with Crippen LogP contribution >= 0.6 is 11.8 Å². The summed E-state index contributed by atoms with van der Waals surface area (Å²) in [4.78, 5) is 16.4. The van der Waals surface area contributed by atoms with Gasteiger partial charge in [-0.1, -0.05) is 42.8 Å². The lowest BCUT2D eigenvalue weighted by Crippen LogP contribution is -2.32. The summed E-state index contributed by atoms with van der Waals surface area (Å²) in [5.41, 5.74) is 0. The van der Waals surface area contributed by atoms with Crippen LogP contribution < -0.4 is 10.1 Å². The molecule has 1 aromatic heterocycles. The molecule has 0 saturated carbocycles. The highest BCUT2D eigenvalue weighted by molar-refractivity contribution is 7.99. The number of ether oxygens (including phenoxy) is 1. The van der Waals surface area contributed by atoms with Gasteiger partial charge in [-0.25, -0.2) is 13.4 Å². The fourth-order valence-corrected chi connectivity index (χ4v) is 5.24. The summed E-state index contributed by atoms with van der Waals surface area (Å²) in [6.07, 6.45) is 5.31. The first-order valence-electron chi connectivity index (χ1n) is 10.1. The van der Waals surface area contributed by atoms with E-state index in [1.807, 2.05) is 30.3 Å². The van der Waals surface area contributed by atoms with E-state index in [1.54, 1.807) is 16.4 Å². The molecule has 0 bridgehead atoms. The van der Waals surface area contributed by atoms with Crippen molar-refractivity contribution in [3.63, 3.8) is 0 Å². The van der Waals surface area contributed by atoms with Crippen molar-refractivity contribution in [3.8, 4) is 5.75 Å². The van der Waals surface area contributed by atoms with Crippen molar-refractivity contribution in [2.45, 2.75) is 35.6 Å². The Morgan fingerprint density at radius 2 is 1.80 bits per heavy atom. The largest absolute Gasteiger partial charge is 0.492 e. The molecule has 2 heterocycles. The second kappa shape index (κ2) is 11.3. The molecule has 9 heteroatoms. The molecule has 1 saturated heterocycles. The van der Waals surface area contributed by atoms with Gasteiger partial charge in [0.25, 0.3) is 0 Å². The molecule has 162 valence electrons. The summed E-state index contributed by atoms with van der Waals surface area (Å²) in [7, 11) is -3.50. The zero-order valence-electron chi connectivity index (χ0n) is 16.8. The number of thioether (sulfide) groups is 1. The van der Waals surface area contributed by atoms with Gasteiger partial charge in [-0.15, -0.1) is 0 Å². The van der Waals surface area contributed by atoms with Gasteiger partial charge in [0.15, 0.2) is 0 Å². The Kier molecular flexibility index (Phi) is 8.53. The summed E-state index contributed by atoms with van der Waals surface area (Å²) >= 11 is 1.27. The molecule has 0 aliphatic carbocycles. The van der Waals surface area contributed by atoms with E-state index in [-0.39, 0.29) is 16.6 Å². The van der Waals surface area contributed by atoms with Gasteiger partial charge in [0.1, 0.15) is 17.3 Å². The Bertz CT molecular complexity index is 898. The van der Waals surface area contributed by atoms with Crippen LogP contribution in [-0.4, -0.2) is 55.6 Å². The topological polar surface area (TPSA) is 88.6 Å². The first-order valence-corrected chi connectivity index (χ1v) is 12.5. The summed E-state index contributed by atoms with van der Waals surface area (Å²) in [6, 6.07) is 12.6. The van der Waals surface area contributed by atoms with Crippen LogP contribution in [0, 0.1) is 0 Å². The number of sulfonamides is 1. The number of amides is 1. The number of pyridine rings is 1. The summed E-state index contributed by atoms with van der Waals surface area (Å²) in [6.45, 7) is 1.93. The van der Waals surface area contributed by atoms with Gasteiger partial charge in [-0.2, -0.15) is 4.31 Å². The van der Waals surface area contributed by atoms with Crippen molar-refractivity contribution >= 4 is 27.7 Å². The van der Waals surface area contributed by atoms with Crippen LogP contribution in [0.15, 0.2) is 58.6 Å². The number of hydrogen-bond acceptors (Lipinski definition) is 6. The van der Waals surface area contributed by atoms with E-state index < -0.39 is 10.0 Å². The number of aromatic nitrogens is 1. The third-order valence-electron chi connectivity index (χ3n) is 4.70. The standard InChI is InChI=1S/C21H27N3O4S2/c25-20(22-12-15-28-18-8-4-3-5-9-18)17-29-21-11-10-19(16-23-21)30(26,27)24-13-6-1-2-7-14-24/h3-5,8-11,16H,1-2,6-7,12-15,17H2,(H,22,25). The number of benzene rings is 1. The smallest absolute Gasteiger partial charge is 0.244 e. The Morgan fingerprint density at radius 1 is 1.07 bits per heavy atom. The van der Waals surface area contributed by atoms with E-state index in [2.05, 4.69) is 10.3 Å². The highest BCUT2D eigenvalue weighted by atomic mass is 32.2. The number of carbonyl (C=O) groups excluding carboxylic acids is 1. The van der Waals surface area contributed by atoms with Gasteiger partial charge in [-0.05, 0) is 37.1 Å². The van der Waals surface area contributed by atoms with Crippen LogP contribution in [0.1, 0.15) is 25.7 Å². The second-order valence-electron chi connectivity index (χ2n) is 6.95. The predicted octanol–water partition coefficient (Wildman–Crippen LogP) is 2.93. The fourth-order valence-electron chi connectivity index (χ4n) is 3.10. The molecule has 1 aromatic carbocycles. The molecule has 2 aromatic rings. The minimum absolute atomic E-state index is 0.125. The first-order chi connectivity index (χ1) is 14.6. The molecule has 0 unspecified atom stereocenters. The van der Waals surface area contributed by atoms with E-state index in [4.69, 9.17) is 4.74 Å². The molecule has 0 atom stereocenters. The predicted molar refractivity (Wildman–Crippen MR) is 117 cm³/mol. The number of hydrogen-bond donors (Lipinski definition) is 1. The molecule has 1 aliphatic heterocycles. The molecule has 30 heavy (non-hydrogen) atoms. The molecule has 7 nitrogen and oxygen atoms in total. The fraction of sp³-hybridized carbons (Fsp3) is 0.429. The van der Waals surface area contributed by atoms with Crippen molar-refractivity contribution in [1.29, 1.82) is 0 Å². The SMILES string of the molecule is O=C(CSc1ccc(S(=O)(=O)N2CCCCCC2)cn1)NCCOc1ccccc1. The lowest BCUT2D eigenvalue weighted by Gasteiger charge is -2.19. The van der Waals surface area contributed by atoms with Crippen LogP contribution in [0.3, 0.4) is 0 Å². The highest BCUT2D eigenvalue weighted by Crippen LogP contribution is 2.22. The van der Waals surface area contributed by atoms with Crippen molar-refractivity contribution in [2.24, 2.45) is 0 Å². The first kappa shape index (κ1) is 22.6. The minimum Gasteiger partial charge on any atom is -0.492 e. The van der Waals surface area contributed by atoms with E-state index in [1.165, 1.54) is 18.0 Å². The number of carbonyl (C=O) groups is 1. The monoisotopic (exact) mass is 449 g/mol. The highest BCUT2D eigenvalue weighted by Gasteiger charge is 2.25. The second-order valence-corrected chi connectivity index (χ2v) is 9.88. The maximum Gasteiger partial charge on any atom is 0.244 e. The number of nitrogens with zero attached hydrogens (tertiary/aromatic N) is 2. The summed E-state index contributed by atoms with van der Waals surface area (Å²) in [5.74, 6) is 0.844. The van der Waals surface area contributed by atoms with Crippen LogP contribution in [0.5, 0.6) is 5.75 Å². The van der Waals surface area contributed by atoms with E-state index in [9.17, 15) is 13.2 Å². The number of nitrogens with one attached hydrogen (secondary N) is 1. The normalized spacial score (nSPS) is 15.3.